The van der Waals surface area contributed by atoms with Crippen molar-refractivity contribution in [3.05, 3.63) is 0 Å². The molecular weight excluding hydrogens is 845 g/mol. The number of hydrogen-bond donors (Lipinski definition) is 0. The molecule has 0 amide bonds. The fourth-order valence-corrected chi connectivity index (χ4v) is 12.8. The van der Waals surface area contributed by atoms with Gasteiger partial charge < -0.3 is 27.2 Å². The van der Waals surface area contributed by atoms with Crippen molar-refractivity contribution in [1.29, 1.82) is 0 Å². The van der Waals surface area contributed by atoms with Crippen LogP contribution in [0.25, 0.3) is 0 Å². The van der Waals surface area contributed by atoms with E-state index in [1.165, 1.54) is 0 Å². The van der Waals surface area contributed by atoms with E-state index in [1.807, 2.05) is 0 Å². The Balaban J connectivity index is 2.85. The Labute approximate surface area is 387 Å². The molecule has 6 unspecified atom stereocenters. The van der Waals surface area contributed by atoms with Gasteiger partial charge in [0.05, 0.1) is 24.4 Å². The molecule has 0 radical (unpaired) electrons. The molecule has 1 saturated heterocycles. The first-order valence-electron chi connectivity index (χ1n) is 24.3. The lowest BCUT2D eigenvalue weighted by molar-refractivity contribution is -0.196. The molecule has 10 nitrogen and oxygen atoms in total. The highest BCUT2D eigenvalue weighted by Crippen LogP contribution is 2.40. The minimum Gasteiger partial charge on any atom is -0.448 e. The predicted octanol–water partition coefficient (Wildman–Crippen LogP) is 12.4. The summed E-state index contributed by atoms with van der Waals surface area (Å²) in [6.45, 7) is 59.5. The number of esters is 2. The monoisotopic (exact) mass is 947 g/mol. The van der Waals surface area contributed by atoms with Crippen LogP contribution in [-0.4, -0.2) is 131 Å². The summed E-state index contributed by atoms with van der Waals surface area (Å²) in [4.78, 5) is 31.3. The van der Waals surface area contributed by atoms with Crippen LogP contribution in [0.1, 0.15) is 149 Å². The van der Waals surface area contributed by atoms with Gasteiger partial charge in [-0.25, -0.2) is 9.59 Å². The number of ether oxygens (including phenoxy) is 2. The van der Waals surface area contributed by atoms with Gasteiger partial charge in [-0.3, -0.25) is 9.80 Å². The quantitative estimate of drug-likeness (QED) is 0.0474. The van der Waals surface area contributed by atoms with Gasteiger partial charge in [0.1, 0.15) is 0 Å². The van der Waals surface area contributed by atoms with Gasteiger partial charge in [-0.1, -0.05) is 83.1 Å². The number of hydrogen-bond acceptors (Lipinski definition) is 10. The van der Waals surface area contributed by atoms with Gasteiger partial charge in [-0.15, -0.1) is 0 Å². The largest absolute Gasteiger partial charge is 0.448 e. The van der Waals surface area contributed by atoms with Crippen LogP contribution in [0, 0.1) is 0 Å². The molecule has 62 heavy (non-hydrogen) atoms. The Kier molecular flexibility index (Phi) is 22.6. The molecule has 1 heterocycles. The number of unbranched alkanes of at least 4 members (excludes halogenated alkanes) is 2. The van der Waals surface area contributed by atoms with Crippen molar-refractivity contribution in [3.63, 3.8) is 0 Å². The first-order valence-corrected chi connectivity index (χ1v) is 35.9. The Morgan fingerprint density at radius 1 is 0.435 bits per heavy atom. The van der Waals surface area contributed by atoms with Gasteiger partial charge in [0.25, 0.3) is 0 Å². The molecule has 1 rings (SSSR count). The summed E-state index contributed by atoms with van der Waals surface area (Å²) in [6, 6.07) is 0. The molecule has 6 atom stereocenters. The lowest BCUT2D eigenvalue weighted by atomic mass is 10.1. The standard InChI is InChI=1S/C48H102N2O8Si4/c1-37(55-59(17,18)45(5,6)7)33-49(34-38(2)56-60(19,20)46(8,9)10)31-27-25-29-41-43(51)54-42(44(52)53-41)30-26-28-32-50(35-39(3)57-61(21,22)47(11,12)13)36-40(4)58-62(23,24)48(14,15)16/h37-42H,25-36H2,1-24H3. The van der Waals surface area contributed by atoms with Gasteiger partial charge in [0.2, 0.25) is 0 Å². The van der Waals surface area contributed by atoms with Gasteiger partial charge in [0, 0.05) is 26.2 Å². The summed E-state index contributed by atoms with van der Waals surface area (Å²) in [5.74, 6) is -0.844. The lowest BCUT2D eigenvalue weighted by Crippen LogP contribution is -2.49. The highest BCUT2D eigenvalue weighted by molar-refractivity contribution is 6.75. The molecule has 0 spiro atoms. The zero-order valence-electron chi connectivity index (χ0n) is 45.1. The van der Waals surface area contributed by atoms with Crippen molar-refractivity contribution in [3.8, 4) is 0 Å². The molecule has 1 aliphatic heterocycles. The molecular formula is C48H102N2O8Si4. The number of carbonyl (C=O) groups excluding carboxylic acids is 2. The van der Waals surface area contributed by atoms with E-state index in [2.05, 4.69) is 173 Å². The Bertz CT molecular complexity index is 1190. The molecule has 0 saturated carbocycles. The van der Waals surface area contributed by atoms with E-state index in [4.69, 9.17) is 27.2 Å². The molecule has 0 aromatic carbocycles. The number of rotatable bonds is 26. The SMILES string of the molecule is CC(CN(CCCCC1OC(=O)C(CCCCN(CC(C)O[Si](C)(C)C(C)(C)C)CC(C)O[Si](C)(C)C(C)(C)C)OC1=O)CC(C)O[Si](C)(C)C(C)(C)C)O[Si](C)(C)C(C)(C)C. The van der Waals surface area contributed by atoms with Crippen LogP contribution in [0.4, 0.5) is 0 Å². The summed E-state index contributed by atoms with van der Waals surface area (Å²) < 4.78 is 38.6. The molecule has 1 fully saturated rings. The normalized spacial score (nSPS) is 20.0. The second-order valence-corrected chi connectivity index (χ2v) is 44.1. The average molecular weight is 948 g/mol. The van der Waals surface area contributed by atoms with Crippen LogP contribution in [0.2, 0.25) is 72.5 Å². The highest BCUT2D eigenvalue weighted by Gasteiger charge is 2.43. The molecule has 368 valence electrons. The maximum absolute atomic E-state index is 13.2. The highest BCUT2D eigenvalue weighted by atomic mass is 28.4. The first-order chi connectivity index (χ1) is 27.7. The van der Waals surface area contributed by atoms with Crippen molar-refractivity contribution in [2.75, 3.05) is 39.3 Å². The third-order valence-corrected chi connectivity index (χ3v) is 33.1. The molecule has 0 bridgehead atoms. The minimum atomic E-state index is -1.93. The smallest absolute Gasteiger partial charge is 0.348 e. The van der Waals surface area contributed by atoms with Gasteiger partial charge in [-0.05, 0) is 152 Å². The molecule has 0 aliphatic carbocycles. The van der Waals surface area contributed by atoms with E-state index >= 15 is 0 Å². The summed E-state index contributed by atoms with van der Waals surface area (Å²) in [7, 11) is -7.73. The van der Waals surface area contributed by atoms with E-state index in [1.54, 1.807) is 0 Å². The average Bonchev–Trinajstić information content (AvgIpc) is 3.03. The van der Waals surface area contributed by atoms with Crippen LogP contribution in [0.5, 0.6) is 0 Å². The van der Waals surface area contributed by atoms with Crippen molar-refractivity contribution in [1.82, 2.24) is 9.80 Å². The van der Waals surface area contributed by atoms with Crippen molar-refractivity contribution in [2.45, 2.75) is 258 Å². The van der Waals surface area contributed by atoms with Crippen LogP contribution < -0.4 is 0 Å². The molecule has 0 aromatic rings. The fraction of sp³-hybridized carbons (Fsp3) is 0.958. The maximum atomic E-state index is 13.2. The molecule has 1 aliphatic rings. The first kappa shape index (κ1) is 59.6. The zero-order valence-corrected chi connectivity index (χ0v) is 49.1. The van der Waals surface area contributed by atoms with Crippen molar-refractivity contribution < 1.29 is 36.8 Å². The number of carbonyl (C=O) groups is 2. The topological polar surface area (TPSA) is 96.0 Å². The maximum Gasteiger partial charge on any atom is 0.348 e. The lowest BCUT2D eigenvalue weighted by Gasteiger charge is -2.41. The Morgan fingerprint density at radius 2 is 0.645 bits per heavy atom. The van der Waals surface area contributed by atoms with Crippen LogP contribution in [0.3, 0.4) is 0 Å². The third-order valence-electron chi connectivity index (χ3n) is 14.7. The number of nitrogens with zero attached hydrogens (tertiary/aromatic N) is 2. The summed E-state index contributed by atoms with van der Waals surface area (Å²) in [6.07, 6.45) is 2.75. The molecule has 0 N–H and O–H groups in total. The van der Waals surface area contributed by atoms with E-state index in [0.29, 0.717) is 12.8 Å². The Morgan fingerprint density at radius 3 is 0.839 bits per heavy atom. The van der Waals surface area contributed by atoms with Gasteiger partial charge in [0.15, 0.2) is 45.5 Å². The van der Waals surface area contributed by atoms with Crippen molar-refractivity contribution >= 4 is 45.2 Å². The Hall–Kier alpha value is -0.432. The summed E-state index contributed by atoms with van der Waals surface area (Å²) in [5, 5.41) is 0.537. The summed E-state index contributed by atoms with van der Waals surface area (Å²) in [5.41, 5.74) is 0. The predicted molar refractivity (Wildman–Crippen MR) is 271 cm³/mol. The number of cyclic esters (lactones) is 2. The zero-order chi connectivity index (χ0) is 48.5. The van der Waals surface area contributed by atoms with Crippen molar-refractivity contribution in [2.24, 2.45) is 0 Å². The van der Waals surface area contributed by atoms with E-state index in [9.17, 15) is 9.59 Å². The van der Waals surface area contributed by atoms with Crippen LogP contribution in [0.15, 0.2) is 0 Å². The van der Waals surface area contributed by atoms with Crippen LogP contribution in [-0.2, 0) is 36.8 Å². The van der Waals surface area contributed by atoms with E-state index in [0.717, 1.165) is 65.0 Å². The summed E-state index contributed by atoms with van der Waals surface area (Å²) >= 11 is 0. The van der Waals surface area contributed by atoms with E-state index in [-0.39, 0.29) is 44.6 Å². The molecule has 14 heteroatoms. The third kappa shape index (κ3) is 19.8. The van der Waals surface area contributed by atoms with Crippen LogP contribution >= 0.6 is 0 Å². The minimum absolute atomic E-state index is 0.0834. The second-order valence-electron chi connectivity index (χ2n) is 25.1. The van der Waals surface area contributed by atoms with Gasteiger partial charge in [-0.2, -0.15) is 0 Å². The van der Waals surface area contributed by atoms with E-state index < -0.39 is 57.4 Å². The molecule has 0 aromatic heterocycles. The second kappa shape index (κ2) is 23.5. The van der Waals surface area contributed by atoms with Gasteiger partial charge >= 0.3 is 11.9 Å². The fourth-order valence-electron chi connectivity index (χ4n) is 7.05.